The quantitative estimate of drug-likeness (QED) is 0.328. The first kappa shape index (κ1) is 22.7. The van der Waals surface area contributed by atoms with Crippen molar-refractivity contribution in [3.63, 3.8) is 0 Å². The van der Waals surface area contributed by atoms with E-state index in [0.29, 0.717) is 22.0 Å². The number of hydrogen-bond donors (Lipinski definition) is 2. The molecule has 0 radical (unpaired) electrons. The summed E-state index contributed by atoms with van der Waals surface area (Å²) in [5.74, 6) is -4.85. The minimum atomic E-state index is -1.88. The summed E-state index contributed by atoms with van der Waals surface area (Å²) in [7, 11) is 2.71. The molecule has 3 fully saturated rings. The number of imide groups is 2. The van der Waals surface area contributed by atoms with E-state index in [2.05, 4.69) is 21.2 Å². The molecule has 2 aliphatic carbocycles. The zero-order chi connectivity index (χ0) is 24.0. The maximum atomic E-state index is 13.4. The Hall–Kier alpha value is -2.10. The van der Waals surface area contributed by atoms with Crippen LogP contribution in [0.3, 0.4) is 0 Å². The molecule has 4 aliphatic rings. The molecule has 6 atom stereocenters. The van der Waals surface area contributed by atoms with Crippen LogP contribution >= 0.6 is 39.1 Å². The van der Waals surface area contributed by atoms with Gasteiger partial charge in [-0.3, -0.25) is 29.4 Å². The Morgan fingerprint density at radius 3 is 2.52 bits per heavy atom. The van der Waals surface area contributed by atoms with Crippen LogP contribution in [-0.2, 0) is 19.2 Å². The van der Waals surface area contributed by atoms with Crippen molar-refractivity contribution in [2.75, 3.05) is 14.2 Å². The standard InChI is InChI=1S/C22H19BrCl2N2O6/c1-27-19(31)21(24)7-11-9(3-4-10-14(11)18(30)26-17(10)29)15(22(21,25)20(27)32)8-5-12(23)16(28)13(6-8)33-2/h3,5-6,10-11,14-15,28H,4,7H2,1-2H3,(H,26,29,30)/t10-,11+,14-,15-,21+,22-/m0/s1. The van der Waals surface area contributed by atoms with Crippen molar-refractivity contribution in [1.82, 2.24) is 10.2 Å². The van der Waals surface area contributed by atoms with E-state index in [0.717, 1.165) is 4.90 Å². The zero-order valence-electron chi connectivity index (χ0n) is 17.5. The van der Waals surface area contributed by atoms with E-state index in [9.17, 15) is 24.3 Å². The van der Waals surface area contributed by atoms with Crippen molar-refractivity contribution in [2.45, 2.75) is 28.5 Å². The molecule has 2 aliphatic heterocycles. The van der Waals surface area contributed by atoms with E-state index < -0.39 is 51.1 Å². The highest BCUT2D eigenvalue weighted by molar-refractivity contribution is 9.10. The minimum absolute atomic E-state index is 0.0619. The van der Waals surface area contributed by atoms with Crippen molar-refractivity contribution in [2.24, 2.45) is 17.8 Å². The van der Waals surface area contributed by atoms with Crippen LogP contribution in [0.25, 0.3) is 0 Å². The highest BCUT2D eigenvalue weighted by atomic mass is 79.9. The number of phenolic OH excluding ortho intramolecular Hbond substituents is 1. The average molecular weight is 558 g/mol. The number of halogens is 3. The molecule has 2 heterocycles. The Labute approximate surface area is 207 Å². The third-order valence-corrected chi connectivity index (χ3v) is 9.48. The molecule has 11 heteroatoms. The number of ether oxygens (including phenoxy) is 1. The number of carbonyl (C=O) groups excluding carboxylic acids is 4. The number of nitrogens with zero attached hydrogens (tertiary/aromatic N) is 1. The number of nitrogens with one attached hydrogen (secondary N) is 1. The molecular formula is C22H19BrCl2N2O6. The smallest absolute Gasteiger partial charge is 0.253 e. The van der Waals surface area contributed by atoms with Gasteiger partial charge in [0.2, 0.25) is 11.8 Å². The summed E-state index contributed by atoms with van der Waals surface area (Å²) in [4.78, 5) is 49.0. The van der Waals surface area contributed by atoms with Gasteiger partial charge in [0.05, 0.1) is 23.4 Å². The number of benzene rings is 1. The molecule has 1 aromatic rings. The number of phenols is 1. The zero-order valence-corrected chi connectivity index (χ0v) is 20.6. The molecule has 1 aromatic carbocycles. The van der Waals surface area contributed by atoms with Crippen LogP contribution in [0.5, 0.6) is 11.5 Å². The first-order chi connectivity index (χ1) is 15.5. The summed E-state index contributed by atoms with van der Waals surface area (Å²) in [6.07, 6.45) is 2.06. The van der Waals surface area contributed by atoms with Gasteiger partial charge in [-0.25, -0.2) is 0 Å². The summed E-state index contributed by atoms with van der Waals surface area (Å²) >= 11 is 17.4. The predicted molar refractivity (Wildman–Crippen MR) is 121 cm³/mol. The van der Waals surface area contributed by atoms with Gasteiger partial charge >= 0.3 is 0 Å². The first-order valence-corrected chi connectivity index (χ1v) is 11.8. The van der Waals surface area contributed by atoms with Gasteiger partial charge in [0.15, 0.2) is 21.2 Å². The largest absolute Gasteiger partial charge is 0.503 e. The summed E-state index contributed by atoms with van der Waals surface area (Å²) in [6, 6.07) is 3.13. The molecule has 2 N–H and O–H groups in total. The predicted octanol–water partition coefficient (Wildman–Crippen LogP) is 2.44. The van der Waals surface area contributed by atoms with Crippen LogP contribution in [0.15, 0.2) is 28.3 Å². The van der Waals surface area contributed by atoms with Crippen LogP contribution < -0.4 is 10.1 Å². The minimum Gasteiger partial charge on any atom is -0.503 e. The monoisotopic (exact) mass is 556 g/mol. The van der Waals surface area contributed by atoms with Crippen molar-refractivity contribution in [3.05, 3.63) is 33.8 Å². The van der Waals surface area contributed by atoms with Gasteiger partial charge < -0.3 is 9.84 Å². The Balaban J connectivity index is 1.78. The normalized spacial score (nSPS) is 37.4. The number of aromatic hydroxyl groups is 1. The fraction of sp³-hybridized carbons (Fsp3) is 0.455. The number of allylic oxidation sites excluding steroid dienone is 2. The lowest BCUT2D eigenvalue weighted by molar-refractivity contribution is -0.138. The summed E-state index contributed by atoms with van der Waals surface area (Å²) in [5, 5.41) is 12.7. The molecular weight excluding hydrogens is 539 g/mol. The lowest BCUT2D eigenvalue weighted by Crippen LogP contribution is -2.60. The van der Waals surface area contributed by atoms with E-state index in [1.807, 2.05) is 6.08 Å². The molecule has 0 unspecified atom stereocenters. The molecule has 1 saturated carbocycles. The van der Waals surface area contributed by atoms with Crippen molar-refractivity contribution in [3.8, 4) is 11.5 Å². The number of fused-ring (bicyclic) bond motifs is 4. The molecule has 8 nitrogen and oxygen atoms in total. The number of rotatable bonds is 2. The summed E-state index contributed by atoms with van der Waals surface area (Å²) in [5.41, 5.74) is 1.15. The van der Waals surface area contributed by atoms with Gasteiger partial charge in [-0.2, -0.15) is 0 Å². The van der Waals surface area contributed by atoms with Gasteiger partial charge in [0.25, 0.3) is 11.8 Å². The maximum absolute atomic E-state index is 13.4. The van der Waals surface area contributed by atoms with Crippen LogP contribution in [0.1, 0.15) is 24.3 Å². The van der Waals surface area contributed by atoms with Crippen molar-refractivity contribution >= 4 is 62.8 Å². The Morgan fingerprint density at radius 1 is 1.15 bits per heavy atom. The Kier molecular flexibility index (Phi) is 4.95. The van der Waals surface area contributed by atoms with E-state index in [4.69, 9.17) is 27.9 Å². The van der Waals surface area contributed by atoms with Gasteiger partial charge in [0.1, 0.15) is 0 Å². The van der Waals surface area contributed by atoms with Gasteiger partial charge in [-0.1, -0.05) is 11.6 Å². The van der Waals surface area contributed by atoms with E-state index >= 15 is 0 Å². The SMILES string of the molecule is COc1cc([C@H]2C3=CC[C@@H]4C(=O)NC(=O)[C@@H]4[C@@H]3C[C@@]3(Cl)C(=O)N(C)C(=O)[C@@]23Cl)cc(Br)c1O. The number of amides is 4. The molecule has 2 saturated heterocycles. The number of hydrogen-bond acceptors (Lipinski definition) is 6. The fourth-order valence-corrected chi connectivity index (χ4v) is 7.42. The molecule has 0 spiro atoms. The van der Waals surface area contributed by atoms with Gasteiger partial charge in [0, 0.05) is 13.0 Å². The topological polar surface area (TPSA) is 113 Å². The van der Waals surface area contributed by atoms with E-state index in [1.54, 1.807) is 6.07 Å². The summed E-state index contributed by atoms with van der Waals surface area (Å²) in [6.45, 7) is 0. The number of alkyl halides is 2. The molecule has 5 rings (SSSR count). The lowest BCUT2D eigenvalue weighted by atomic mass is 9.56. The number of carbonyl (C=O) groups is 4. The Morgan fingerprint density at radius 2 is 1.85 bits per heavy atom. The highest BCUT2D eigenvalue weighted by Gasteiger charge is 2.75. The summed E-state index contributed by atoms with van der Waals surface area (Å²) < 4.78 is 5.58. The molecule has 4 amide bonds. The average Bonchev–Trinajstić information content (AvgIpc) is 3.13. The van der Waals surface area contributed by atoms with Gasteiger partial charge in [-0.15, -0.1) is 23.2 Å². The second kappa shape index (κ2) is 7.20. The molecule has 33 heavy (non-hydrogen) atoms. The molecule has 0 bridgehead atoms. The van der Waals surface area contributed by atoms with Crippen LogP contribution in [0, 0.1) is 17.8 Å². The fourth-order valence-electron chi connectivity index (χ4n) is 5.94. The van der Waals surface area contributed by atoms with E-state index in [-0.39, 0.29) is 23.8 Å². The van der Waals surface area contributed by atoms with Crippen LogP contribution in [0.4, 0.5) is 0 Å². The third-order valence-electron chi connectivity index (χ3n) is 7.46. The maximum Gasteiger partial charge on any atom is 0.253 e. The number of likely N-dealkylation sites (tertiary alicyclic amines) is 1. The second-order valence-electron chi connectivity index (χ2n) is 8.91. The van der Waals surface area contributed by atoms with Crippen LogP contribution in [0.2, 0.25) is 0 Å². The Bertz CT molecular complexity index is 1190. The molecule has 0 aromatic heterocycles. The highest BCUT2D eigenvalue weighted by Crippen LogP contribution is 2.65. The number of methoxy groups -OCH3 is 1. The lowest BCUT2D eigenvalue weighted by Gasteiger charge is -2.50. The molecule has 174 valence electrons. The van der Waals surface area contributed by atoms with Crippen LogP contribution in [-0.4, -0.2) is 57.5 Å². The van der Waals surface area contributed by atoms with Gasteiger partial charge in [-0.05, 0) is 52.4 Å². The van der Waals surface area contributed by atoms with Crippen molar-refractivity contribution < 1.29 is 29.0 Å². The first-order valence-electron chi connectivity index (χ1n) is 10.3. The third kappa shape index (κ3) is 2.70. The van der Waals surface area contributed by atoms with E-state index in [1.165, 1.54) is 20.2 Å². The second-order valence-corrected chi connectivity index (χ2v) is 11.0. The van der Waals surface area contributed by atoms with Crippen molar-refractivity contribution in [1.29, 1.82) is 0 Å².